The molecule has 0 aliphatic heterocycles. The number of carbonyl (C=O) groups is 2. The molecule has 0 heterocycles. The van der Waals surface area contributed by atoms with Crippen molar-refractivity contribution in [2.24, 2.45) is 11.7 Å². The molecule has 0 spiro atoms. The van der Waals surface area contributed by atoms with Crippen LogP contribution in [-0.2, 0) is 4.79 Å². The molecule has 5 heteroatoms. The highest BCUT2D eigenvalue weighted by Crippen LogP contribution is 2.23. The highest BCUT2D eigenvalue weighted by molar-refractivity contribution is 5.97. The van der Waals surface area contributed by atoms with Crippen LogP contribution in [-0.4, -0.2) is 16.9 Å². The van der Waals surface area contributed by atoms with E-state index in [2.05, 4.69) is 5.32 Å². The van der Waals surface area contributed by atoms with E-state index >= 15 is 0 Å². The Morgan fingerprint density at radius 2 is 1.85 bits per heavy atom. The predicted molar refractivity (Wildman–Crippen MR) is 78.6 cm³/mol. The minimum Gasteiger partial charge on any atom is -0.507 e. The van der Waals surface area contributed by atoms with Crippen molar-refractivity contribution in [2.75, 3.05) is 5.32 Å². The van der Waals surface area contributed by atoms with Gasteiger partial charge in [0.2, 0.25) is 5.91 Å². The van der Waals surface area contributed by atoms with Gasteiger partial charge in [0.05, 0.1) is 5.56 Å². The summed E-state index contributed by atoms with van der Waals surface area (Å²) >= 11 is 0. The Kier molecular flexibility index (Phi) is 6.03. The Labute approximate surface area is 119 Å². The molecular formula is C15H22N2O3. The van der Waals surface area contributed by atoms with E-state index in [-0.39, 0.29) is 23.1 Å². The minimum atomic E-state index is -0.699. The molecule has 20 heavy (non-hydrogen) atoms. The Hall–Kier alpha value is -2.04. The lowest BCUT2D eigenvalue weighted by atomic mass is 9.97. The molecule has 2 amide bonds. The van der Waals surface area contributed by atoms with Crippen molar-refractivity contribution >= 4 is 17.5 Å². The van der Waals surface area contributed by atoms with Crippen molar-refractivity contribution in [1.29, 1.82) is 0 Å². The van der Waals surface area contributed by atoms with Crippen LogP contribution in [0.4, 0.5) is 5.69 Å². The highest BCUT2D eigenvalue weighted by atomic mass is 16.3. The van der Waals surface area contributed by atoms with Gasteiger partial charge in [0.1, 0.15) is 5.75 Å². The number of nitrogens with one attached hydrogen (secondary N) is 1. The summed E-state index contributed by atoms with van der Waals surface area (Å²) in [6, 6.07) is 4.31. The summed E-state index contributed by atoms with van der Waals surface area (Å²) in [7, 11) is 0. The summed E-state index contributed by atoms with van der Waals surface area (Å²) in [4.78, 5) is 23.1. The fraction of sp³-hybridized carbons (Fsp3) is 0.467. The van der Waals surface area contributed by atoms with Gasteiger partial charge < -0.3 is 16.2 Å². The first-order valence-corrected chi connectivity index (χ1v) is 6.93. The van der Waals surface area contributed by atoms with E-state index in [0.29, 0.717) is 5.69 Å². The monoisotopic (exact) mass is 278 g/mol. The molecule has 0 saturated heterocycles. The summed E-state index contributed by atoms with van der Waals surface area (Å²) in [5, 5.41) is 12.4. The van der Waals surface area contributed by atoms with Gasteiger partial charge in [0.25, 0.3) is 5.91 Å². The Balaban J connectivity index is 2.79. The lowest BCUT2D eigenvalue weighted by molar-refractivity contribution is -0.120. The third-order valence-electron chi connectivity index (χ3n) is 3.18. The molecule has 110 valence electrons. The maximum absolute atomic E-state index is 12.1. The van der Waals surface area contributed by atoms with Gasteiger partial charge >= 0.3 is 0 Å². The normalized spacial score (nSPS) is 10.6. The van der Waals surface area contributed by atoms with Gasteiger partial charge in [0.15, 0.2) is 0 Å². The zero-order chi connectivity index (χ0) is 15.1. The molecule has 5 nitrogen and oxygen atoms in total. The summed E-state index contributed by atoms with van der Waals surface area (Å²) in [5.41, 5.74) is 5.62. The molecule has 0 aliphatic carbocycles. The van der Waals surface area contributed by atoms with Crippen molar-refractivity contribution < 1.29 is 14.7 Å². The van der Waals surface area contributed by atoms with Gasteiger partial charge in [-0.05, 0) is 25.0 Å². The molecule has 0 saturated carbocycles. The van der Waals surface area contributed by atoms with E-state index in [1.807, 2.05) is 13.8 Å². The van der Waals surface area contributed by atoms with Gasteiger partial charge in [-0.1, -0.05) is 26.7 Å². The van der Waals surface area contributed by atoms with E-state index < -0.39 is 5.91 Å². The van der Waals surface area contributed by atoms with Crippen molar-refractivity contribution in [1.82, 2.24) is 0 Å². The molecule has 0 aliphatic rings. The summed E-state index contributed by atoms with van der Waals surface area (Å²) in [5.74, 6) is -1.00. The average molecular weight is 278 g/mol. The van der Waals surface area contributed by atoms with E-state index in [9.17, 15) is 14.7 Å². The lowest BCUT2D eigenvalue weighted by Gasteiger charge is -2.15. The molecule has 1 aromatic rings. The topological polar surface area (TPSA) is 92.4 Å². The van der Waals surface area contributed by atoms with Crippen LogP contribution < -0.4 is 11.1 Å². The standard InChI is InChI=1S/C15H22N2O3/c1-3-5-10(6-4-2)15(20)17-11-7-8-12(14(16)19)13(18)9-11/h7-10,18H,3-6H2,1-2H3,(H2,16,19)(H,17,20). The van der Waals surface area contributed by atoms with Crippen LogP contribution in [0.5, 0.6) is 5.75 Å². The maximum Gasteiger partial charge on any atom is 0.252 e. The van der Waals surface area contributed by atoms with Crippen molar-refractivity contribution in [3.8, 4) is 5.75 Å². The Morgan fingerprint density at radius 3 is 2.30 bits per heavy atom. The number of aromatic hydroxyl groups is 1. The summed E-state index contributed by atoms with van der Waals surface area (Å²) in [6.45, 7) is 4.09. The number of hydrogen-bond acceptors (Lipinski definition) is 3. The SMILES string of the molecule is CCCC(CCC)C(=O)Nc1ccc(C(N)=O)c(O)c1. The molecule has 0 unspecified atom stereocenters. The van der Waals surface area contributed by atoms with Crippen LogP contribution in [0.15, 0.2) is 18.2 Å². The maximum atomic E-state index is 12.1. The highest BCUT2D eigenvalue weighted by Gasteiger charge is 2.17. The van der Waals surface area contributed by atoms with Crippen LogP contribution in [0.1, 0.15) is 49.9 Å². The second-order valence-electron chi connectivity index (χ2n) is 4.86. The second-order valence-corrected chi connectivity index (χ2v) is 4.86. The van der Waals surface area contributed by atoms with Gasteiger partial charge in [-0.2, -0.15) is 0 Å². The van der Waals surface area contributed by atoms with Crippen LogP contribution in [0.2, 0.25) is 0 Å². The molecular weight excluding hydrogens is 256 g/mol. The number of carbonyl (C=O) groups excluding carboxylic acids is 2. The van der Waals surface area contributed by atoms with Crippen LogP contribution in [0, 0.1) is 5.92 Å². The second kappa shape index (κ2) is 7.53. The quantitative estimate of drug-likeness (QED) is 0.715. The first kappa shape index (κ1) is 16.0. The van der Waals surface area contributed by atoms with Gasteiger partial charge in [-0.15, -0.1) is 0 Å². The molecule has 1 aromatic carbocycles. The van der Waals surface area contributed by atoms with Crippen LogP contribution in [0.3, 0.4) is 0 Å². The van der Waals surface area contributed by atoms with Crippen molar-refractivity contribution in [3.63, 3.8) is 0 Å². The van der Waals surface area contributed by atoms with Crippen molar-refractivity contribution in [3.05, 3.63) is 23.8 Å². The van der Waals surface area contributed by atoms with E-state index in [1.54, 1.807) is 6.07 Å². The Morgan fingerprint density at radius 1 is 1.25 bits per heavy atom. The zero-order valence-electron chi connectivity index (χ0n) is 12.0. The lowest BCUT2D eigenvalue weighted by Crippen LogP contribution is -2.22. The van der Waals surface area contributed by atoms with E-state index in [4.69, 9.17) is 5.73 Å². The third kappa shape index (κ3) is 4.26. The number of hydrogen-bond donors (Lipinski definition) is 3. The smallest absolute Gasteiger partial charge is 0.252 e. The number of benzene rings is 1. The number of amides is 2. The fourth-order valence-corrected chi connectivity index (χ4v) is 2.17. The summed E-state index contributed by atoms with van der Waals surface area (Å²) < 4.78 is 0. The van der Waals surface area contributed by atoms with Gasteiger partial charge in [-0.25, -0.2) is 0 Å². The Bertz CT molecular complexity index is 480. The number of anilines is 1. The van der Waals surface area contributed by atoms with E-state index in [0.717, 1.165) is 25.7 Å². The molecule has 0 atom stereocenters. The zero-order valence-corrected chi connectivity index (χ0v) is 12.0. The molecule has 0 radical (unpaired) electrons. The van der Waals surface area contributed by atoms with Gasteiger partial charge in [-0.3, -0.25) is 9.59 Å². The van der Waals surface area contributed by atoms with E-state index in [1.165, 1.54) is 12.1 Å². The molecule has 1 rings (SSSR count). The first-order valence-electron chi connectivity index (χ1n) is 6.93. The van der Waals surface area contributed by atoms with Crippen LogP contribution in [0.25, 0.3) is 0 Å². The van der Waals surface area contributed by atoms with Crippen molar-refractivity contribution in [2.45, 2.75) is 39.5 Å². The first-order chi connectivity index (χ1) is 9.49. The number of nitrogens with two attached hydrogens (primary N) is 1. The fourth-order valence-electron chi connectivity index (χ4n) is 2.17. The average Bonchev–Trinajstić information content (AvgIpc) is 2.38. The minimum absolute atomic E-state index is 0.0250. The molecule has 0 fully saturated rings. The third-order valence-corrected chi connectivity index (χ3v) is 3.18. The molecule has 0 aromatic heterocycles. The summed E-state index contributed by atoms with van der Waals surface area (Å²) in [6.07, 6.45) is 3.57. The number of primary amides is 1. The number of phenols is 1. The predicted octanol–water partition coefficient (Wildman–Crippen LogP) is 2.65. The molecule has 0 bridgehead atoms. The number of rotatable bonds is 7. The van der Waals surface area contributed by atoms with Crippen LogP contribution >= 0.6 is 0 Å². The molecule has 4 N–H and O–H groups in total. The van der Waals surface area contributed by atoms with Gasteiger partial charge in [0, 0.05) is 17.7 Å². The largest absolute Gasteiger partial charge is 0.507 e.